The van der Waals surface area contributed by atoms with Crippen LogP contribution in [0.1, 0.15) is 45.4 Å². The molecule has 1 amide bonds. The van der Waals surface area contributed by atoms with Crippen molar-refractivity contribution >= 4 is 34.7 Å². The van der Waals surface area contributed by atoms with E-state index in [4.69, 9.17) is 19.4 Å². The van der Waals surface area contributed by atoms with E-state index in [2.05, 4.69) is 15.9 Å². The van der Waals surface area contributed by atoms with E-state index in [9.17, 15) is 20.0 Å². The molecule has 0 bridgehead atoms. The Bertz CT molecular complexity index is 1530. The Hall–Kier alpha value is -4.59. The van der Waals surface area contributed by atoms with Crippen LogP contribution in [0, 0.1) is 11.3 Å². The minimum Gasteiger partial charge on any atom is -0.508 e. The van der Waals surface area contributed by atoms with Gasteiger partial charge in [-0.05, 0) is 45.6 Å². The lowest BCUT2D eigenvalue weighted by atomic mass is 10.0. The van der Waals surface area contributed by atoms with Gasteiger partial charge in [0.25, 0.3) is 0 Å². The standard InChI is InChI=1S/C31H36N6O5/c1-20(19-38)41-29-33-26-18-35(27-16-23(39)15-21-7-5-6-8-24(21)27)12-10-25(26)28(34-29)36-13-14-37(22(17-36)9-11-32)30(40)42-31(2,3)4/h5-8,15-16,19-20,22,39H,9-10,12-14,17-18H2,1-4H3/t20-,22+/m1/s1. The van der Waals surface area contributed by atoms with Crippen molar-refractivity contribution in [3.8, 4) is 17.8 Å². The first-order valence-electron chi connectivity index (χ1n) is 14.2. The predicted octanol–water partition coefficient (Wildman–Crippen LogP) is 4.20. The Balaban J connectivity index is 1.48. The van der Waals surface area contributed by atoms with Crippen molar-refractivity contribution in [2.45, 2.75) is 64.8 Å². The van der Waals surface area contributed by atoms with Crippen molar-refractivity contribution in [1.29, 1.82) is 5.26 Å². The maximum Gasteiger partial charge on any atom is 0.410 e. The van der Waals surface area contributed by atoms with E-state index in [0.717, 1.165) is 27.7 Å². The summed E-state index contributed by atoms with van der Waals surface area (Å²) >= 11 is 0. The number of aldehydes is 1. The average Bonchev–Trinajstić information content (AvgIpc) is 2.95. The van der Waals surface area contributed by atoms with E-state index in [1.165, 1.54) is 0 Å². The second-order valence-corrected chi connectivity index (χ2v) is 11.7. The molecule has 1 aromatic heterocycles. The number of fused-ring (bicyclic) bond motifs is 2. The topological polar surface area (TPSA) is 132 Å². The lowest BCUT2D eigenvalue weighted by molar-refractivity contribution is -0.113. The number of nitriles is 1. The van der Waals surface area contributed by atoms with E-state index in [-0.39, 0.29) is 24.2 Å². The maximum absolute atomic E-state index is 12.9. The summed E-state index contributed by atoms with van der Waals surface area (Å²) in [5.41, 5.74) is 1.98. The Morgan fingerprint density at radius 1 is 1.19 bits per heavy atom. The third kappa shape index (κ3) is 6.17. The van der Waals surface area contributed by atoms with Gasteiger partial charge in [-0.1, -0.05) is 24.3 Å². The molecule has 2 atom stereocenters. The number of ether oxygens (including phenoxy) is 2. The van der Waals surface area contributed by atoms with Gasteiger partial charge >= 0.3 is 12.1 Å². The number of carbonyl (C=O) groups excluding carboxylic acids is 2. The minimum absolute atomic E-state index is 0.0948. The fourth-order valence-corrected chi connectivity index (χ4v) is 5.53. The molecule has 5 rings (SSSR count). The highest BCUT2D eigenvalue weighted by Crippen LogP contribution is 2.37. The first-order valence-corrected chi connectivity index (χ1v) is 14.2. The van der Waals surface area contributed by atoms with Crippen molar-refractivity contribution in [3.05, 3.63) is 47.7 Å². The molecule has 0 spiro atoms. The summed E-state index contributed by atoms with van der Waals surface area (Å²) in [5.74, 6) is 0.869. The summed E-state index contributed by atoms with van der Waals surface area (Å²) in [7, 11) is 0. The molecule has 1 fully saturated rings. The SMILES string of the molecule is C[C@H](C=O)Oc1nc2c(c(N3CCN(C(=O)OC(C)(C)C)[C@@H](CC#N)C3)n1)CCN(c1cc(O)cc3ccccc13)C2. The quantitative estimate of drug-likeness (QED) is 0.429. The van der Waals surface area contributed by atoms with Crippen LogP contribution < -0.4 is 14.5 Å². The first-order chi connectivity index (χ1) is 20.1. The molecule has 2 aliphatic heterocycles. The minimum atomic E-state index is -0.735. The van der Waals surface area contributed by atoms with Gasteiger partial charge in [-0.3, -0.25) is 4.79 Å². The Kier molecular flexibility index (Phi) is 8.07. The number of rotatable bonds is 6. The van der Waals surface area contributed by atoms with Gasteiger partial charge in [-0.25, -0.2) is 4.79 Å². The number of hydrogen-bond donors (Lipinski definition) is 1. The van der Waals surface area contributed by atoms with E-state index < -0.39 is 17.8 Å². The summed E-state index contributed by atoms with van der Waals surface area (Å²) in [5, 5.41) is 22.0. The molecular weight excluding hydrogens is 536 g/mol. The molecule has 1 N–H and O–H groups in total. The predicted molar refractivity (Wildman–Crippen MR) is 158 cm³/mol. The number of benzene rings is 2. The van der Waals surface area contributed by atoms with Crippen molar-refractivity contribution < 1.29 is 24.2 Å². The second-order valence-electron chi connectivity index (χ2n) is 11.7. The van der Waals surface area contributed by atoms with Crippen molar-refractivity contribution in [2.24, 2.45) is 0 Å². The van der Waals surface area contributed by atoms with Crippen LogP contribution in [0.2, 0.25) is 0 Å². The third-order valence-electron chi connectivity index (χ3n) is 7.41. The van der Waals surface area contributed by atoms with Gasteiger partial charge < -0.3 is 29.3 Å². The van der Waals surface area contributed by atoms with Crippen LogP contribution in [-0.2, 0) is 22.5 Å². The average molecular weight is 573 g/mol. The molecule has 2 aromatic carbocycles. The summed E-state index contributed by atoms with van der Waals surface area (Å²) in [6, 6.07) is 13.3. The van der Waals surface area contributed by atoms with Gasteiger partial charge in [0.15, 0.2) is 12.4 Å². The molecule has 0 aliphatic carbocycles. The van der Waals surface area contributed by atoms with Crippen molar-refractivity contribution in [1.82, 2.24) is 14.9 Å². The third-order valence-corrected chi connectivity index (χ3v) is 7.41. The summed E-state index contributed by atoms with van der Waals surface area (Å²) in [6.45, 7) is 9.43. The smallest absolute Gasteiger partial charge is 0.410 e. The molecule has 3 heterocycles. The van der Waals surface area contributed by atoms with E-state index in [1.54, 1.807) is 24.0 Å². The molecule has 42 heavy (non-hydrogen) atoms. The number of amides is 1. The van der Waals surface area contributed by atoms with Gasteiger partial charge in [-0.15, -0.1) is 0 Å². The van der Waals surface area contributed by atoms with Crippen LogP contribution >= 0.6 is 0 Å². The number of carbonyl (C=O) groups is 2. The van der Waals surface area contributed by atoms with Crippen LogP contribution in [0.5, 0.6) is 11.8 Å². The summed E-state index contributed by atoms with van der Waals surface area (Å²) in [6.07, 6.45) is 0.294. The molecule has 0 unspecified atom stereocenters. The molecule has 1 saturated heterocycles. The van der Waals surface area contributed by atoms with Crippen LogP contribution in [-0.4, -0.2) is 76.3 Å². The number of hydrogen-bond acceptors (Lipinski definition) is 10. The fourth-order valence-electron chi connectivity index (χ4n) is 5.53. The van der Waals surface area contributed by atoms with Gasteiger partial charge in [-0.2, -0.15) is 15.2 Å². The molecule has 11 nitrogen and oxygen atoms in total. The molecular formula is C31H36N6O5. The monoisotopic (exact) mass is 572 g/mol. The summed E-state index contributed by atoms with van der Waals surface area (Å²) < 4.78 is 11.4. The number of piperazine rings is 1. The number of phenolic OH excluding ortho intramolecular Hbond substituents is 1. The molecule has 3 aromatic rings. The van der Waals surface area contributed by atoms with Gasteiger partial charge in [0.1, 0.15) is 17.2 Å². The van der Waals surface area contributed by atoms with Crippen LogP contribution in [0.3, 0.4) is 0 Å². The largest absolute Gasteiger partial charge is 0.508 e. The van der Waals surface area contributed by atoms with Gasteiger partial charge in [0.2, 0.25) is 0 Å². The molecule has 11 heteroatoms. The Labute approximate surface area is 245 Å². The Morgan fingerprint density at radius 2 is 1.98 bits per heavy atom. The number of phenols is 1. The zero-order chi connectivity index (χ0) is 30.0. The van der Waals surface area contributed by atoms with Crippen molar-refractivity contribution in [2.75, 3.05) is 36.0 Å². The molecule has 2 aliphatic rings. The Morgan fingerprint density at radius 3 is 2.71 bits per heavy atom. The molecule has 0 radical (unpaired) electrons. The zero-order valence-corrected chi connectivity index (χ0v) is 24.4. The highest BCUT2D eigenvalue weighted by molar-refractivity contribution is 5.95. The lowest BCUT2D eigenvalue weighted by Crippen LogP contribution is -2.56. The van der Waals surface area contributed by atoms with Gasteiger partial charge in [0, 0.05) is 48.9 Å². The van der Waals surface area contributed by atoms with Gasteiger partial charge in [0.05, 0.1) is 30.8 Å². The molecule has 220 valence electrons. The van der Waals surface area contributed by atoms with Crippen LogP contribution in [0.15, 0.2) is 36.4 Å². The normalized spacial score (nSPS) is 17.8. The highest BCUT2D eigenvalue weighted by Gasteiger charge is 2.36. The second kappa shape index (κ2) is 11.7. The number of anilines is 2. The van der Waals surface area contributed by atoms with E-state index >= 15 is 0 Å². The number of nitrogens with zero attached hydrogens (tertiary/aromatic N) is 6. The maximum atomic E-state index is 12.9. The number of aromatic hydroxyl groups is 1. The number of aromatic nitrogens is 2. The zero-order valence-electron chi connectivity index (χ0n) is 24.4. The fraction of sp³-hybridized carbons (Fsp3) is 0.452. The van der Waals surface area contributed by atoms with Crippen molar-refractivity contribution in [3.63, 3.8) is 0 Å². The van der Waals surface area contributed by atoms with Crippen LogP contribution in [0.4, 0.5) is 16.3 Å². The van der Waals surface area contributed by atoms with Crippen LogP contribution in [0.25, 0.3) is 10.8 Å². The van der Waals surface area contributed by atoms with E-state index in [1.807, 2.05) is 45.0 Å². The summed E-state index contributed by atoms with van der Waals surface area (Å²) in [4.78, 5) is 39.7. The highest BCUT2D eigenvalue weighted by atomic mass is 16.6. The van der Waals surface area contributed by atoms with E-state index in [0.29, 0.717) is 51.2 Å². The first kappa shape index (κ1) is 28.9. The molecule has 0 saturated carbocycles. The lowest BCUT2D eigenvalue weighted by Gasteiger charge is -2.42.